The molecule has 0 bridgehead atoms. The zero-order valence-electron chi connectivity index (χ0n) is 9.36. The summed E-state index contributed by atoms with van der Waals surface area (Å²) in [4.78, 5) is 13.1. The lowest BCUT2D eigenvalue weighted by Crippen LogP contribution is -2.26. The first-order valence-electron chi connectivity index (χ1n) is 5.55. The number of nitrogens with zero attached hydrogens (tertiary/aromatic N) is 1. The third-order valence-corrected chi connectivity index (χ3v) is 3.26. The molecule has 80 valence electrons. The Kier molecular flexibility index (Phi) is 2.76. The molecular weight excluding hydrogens is 186 g/mol. The number of aryl methyl sites for hydroxylation is 1. The summed E-state index contributed by atoms with van der Waals surface area (Å²) >= 11 is 0. The summed E-state index contributed by atoms with van der Waals surface area (Å²) in [6.45, 7) is 5.39. The minimum absolute atomic E-state index is 0.631. The molecule has 1 saturated heterocycles. The lowest BCUT2D eigenvalue weighted by Gasteiger charge is -2.24. The smallest absolute Gasteiger partial charge is 0.150 e. The summed E-state index contributed by atoms with van der Waals surface area (Å²) < 4.78 is 0. The van der Waals surface area contributed by atoms with Crippen LogP contribution in [-0.4, -0.2) is 18.9 Å². The molecule has 1 aromatic rings. The van der Waals surface area contributed by atoms with Crippen molar-refractivity contribution < 1.29 is 4.79 Å². The number of benzene rings is 1. The molecule has 1 aliphatic heterocycles. The van der Waals surface area contributed by atoms with Crippen molar-refractivity contribution in [2.45, 2.75) is 32.7 Å². The first kappa shape index (κ1) is 10.2. The second-order valence-electron chi connectivity index (χ2n) is 4.34. The lowest BCUT2D eigenvalue weighted by molar-refractivity contribution is 0.112. The van der Waals surface area contributed by atoms with Crippen LogP contribution in [0.5, 0.6) is 0 Å². The Morgan fingerprint density at radius 1 is 1.47 bits per heavy atom. The van der Waals surface area contributed by atoms with Gasteiger partial charge in [-0.1, -0.05) is 0 Å². The first-order valence-corrected chi connectivity index (χ1v) is 5.55. The number of rotatable bonds is 2. The number of carbonyl (C=O) groups excluding carboxylic acids is 1. The van der Waals surface area contributed by atoms with E-state index in [4.69, 9.17) is 0 Å². The summed E-state index contributed by atoms with van der Waals surface area (Å²) in [6, 6.07) is 6.72. The van der Waals surface area contributed by atoms with Crippen molar-refractivity contribution in [3.63, 3.8) is 0 Å². The molecule has 0 N–H and O–H groups in total. The Balaban J connectivity index is 2.29. The standard InChI is InChI=1S/C13H17NO/c1-10-8-13(6-5-12(10)9-15)14-7-3-4-11(14)2/h5-6,8-9,11H,3-4,7H2,1-2H3. The molecular formula is C13H17NO. The molecule has 0 saturated carbocycles. The Hall–Kier alpha value is -1.31. The number of aldehydes is 1. The maximum Gasteiger partial charge on any atom is 0.150 e. The molecule has 1 atom stereocenters. The molecule has 0 aromatic heterocycles. The van der Waals surface area contributed by atoms with Gasteiger partial charge in [0.2, 0.25) is 0 Å². The Labute approximate surface area is 90.9 Å². The molecule has 0 spiro atoms. The van der Waals surface area contributed by atoms with Crippen LogP contribution < -0.4 is 4.90 Å². The van der Waals surface area contributed by atoms with E-state index in [2.05, 4.69) is 24.0 Å². The maximum absolute atomic E-state index is 10.7. The second kappa shape index (κ2) is 4.05. The molecule has 1 aliphatic rings. The number of hydrogen-bond acceptors (Lipinski definition) is 2. The summed E-state index contributed by atoms with van der Waals surface area (Å²) in [6.07, 6.45) is 3.47. The first-order chi connectivity index (χ1) is 7.22. The van der Waals surface area contributed by atoms with Crippen LogP contribution in [0.1, 0.15) is 35.7 Å². The van der Waals surface area contributed by atoms with E-state index in [9.17, 15) is 4.79 Å². The molecule has 15 heavy (non-hydrogen) atoms. The lowest BCUT2D eigenvalue weighted by atomic mass is 10.1. The highest BCUT2D eigenvalue weighted by molar-refractivity contribution is 5.78. The van der Waals surface area contributed by atoms with Crippen LogP contribution in [0.15, 0.2) is 18.2 Å². The molecule has 1 heterocycles. The van der Waals surface area contributed by atoms with Crippen LogP contribution in [0.25, 0.3) is 0 Å². The van der Waals surface area contributed by atoms with Gasteiger partial charge in [-0.05, 0) is 50.5 Å². The SMILES string of the molecule is Cc1cc(N2CCCC2C)ccc1C=O. The summed E-state index contributed by atoms with van der Waals surface area (Å²) in [7, 11) is 0. The Bertz CT molecular complexity index is 373. The number of hydrogen-bond donors (Lipinski definition) is 0. The van der Waals surface area contributed by atoms with E-state index in [1.54, 1.807) is 0 Å². The predicted molar refractivity (Wildman–Crippen MR) is 62.6 cm³/mol. The maximum atomic E-state index is 10.7. The van der Waals surface area contributed by atoms with Gasteiger partial charge in [0.15, 0.2) is 0 Å². The van der Waals surface area contributed by atoms with Gasteiger partial charge in [0.1, 0.15) is 6.29 Å². The highest BCUT2D eigenvalue weighted by Crippen LogP contribution is 2.26. The topological polar surface area (TPSA) is 20.3 Å². The zero-order chi connectivity index (χ0) is 10.8. The molecule has 0 radical (unpaired) electrons. The van der Waals surface area contributed by atoms with E-state index < -0.39 is 0 Å². The van der Waals surface area contributed by atoms with Gasteiger partial charge in [0, 0.05) is 23.8 Å². The number of anilines is 1. The fourth-order valence-electron chi connectivity index (χ4n) is 2.29. The van der Waals surface area contributed by atoms with Crippen LogP contribution >= 0.6 is 0 Å². The highest BCUT2D eigenvalue weighted by atomic mass is 16.1. The molecule has 2 heteroatoms. The average Bonchev–Trinajstić information content (AvgIpc) is 2.64. The summed E-state index contributed by atoms with van der Waals surface area (Å²) in [5.41, 5.74) is 3.12. The van der Waals surface area contributed by atoms with Gasteiger partial charge in [-0.2, -0.15) is 0 Å². The molecule has 1 aromatic carbocycles. The van der Waals surface area contributed by atoms with Gasteiger partial charge in [0.25, 0.3) is 0 Å². The zero-order valence-corrected chi connectivity index (χ0v) is 9.36. The molecule has 1 unspecified atom stereocenters. The van der Waals surface area contributed by atoms with Gasteiger partial charge in [-0.15, -0.1) is 0 Å². The summed E-state index contributed by atoms with van der Waals surface area (Å²) in [5.74, 6) is 0. The molecule has 2 nitrogen and oxygen atoms in total. The van der Waals surface area contributed by atoms with Crippen LogP contribution in [0.2, 0.25) is 0 Å². The van der Waals surface area contributed by atoms with E-state index >= 15 is 0 Å². The van der Waals surface area contributed by atoms with Crippen molar-refractivity contribution >= 4 is 12.0 Å². The second-order valence-corrected chi connectivity index (χ2v) is 4.34. The van der Waals surface area contributed by atoms with Crippen LogP contribution in [-0.2, 0) is 0 Å². The number of carbonyl (C=O) groups is 1. The van der Waals surface area contributed by atoms with Gasteiger partial charge in [-0.25, -0.2) is 0 Å². The third-order valence-electron chi connectivity index (χ3n) is 3.26. The Morgan fingerprint density at radius 3 is 2.80 bits per heavy atom. The van der Waals surface area contributed by atoms with E-state index in [1.807, 2.05) is 13.0 Å². The third kappa shape index (κ3) is 1.89. The highest BCUT2D eigenvalue weighted by Gasteiger charge is 2.20. The fourth-order valence-corrected chi connectivity index (χ4v) is 2.29. The fraction of sp³-hybridized carbons (Fsp3) is 0.462. The van der Waals surface area contributed by atoms with Crippen molar-refractivity contribution in [1.29, 1.82) is 0 Å². The van der Waals surface area contributed by atoms with Crippen LogP contribution in [0, 0.1) is 6.92 Å². The monoisotopic (exact) mass is 203 g/mol. The summed E-state index contributed by atoms with van der Waals surface area (Å²) in [5, 5.41) is 0. The van der Waals surface area contributed by atoms with Crippen molar-refractivity contribution in [3.05, 3.63) is 29.3 Å². The van der Waals surface area contributed by atoms with E-state index in [1.165, 1.54) is 18.5 Å². The Morgan fingerprint density at radius 2 is 2.27 bits per heavy atom. The minimum atomic E-state index is 0.631. The minimum Gasteiger partial charge on any atom is -0.369 e. The molecule has 0 amide bonds. The van der Waals surface area contributed by atoms with Crippen LogP contribution in [0.3, 0.4) is 0 Å². The molecule has 1 fully saturated rings. The molecule has 0 aliphatic carbocycles. The van der Waals surface area contributed by atoms with Crippen molar-refractivity contribution in [2.24, 2.45) is 0 Å². The van der Waals surface area contributed by atoms with E-state index in [0.717, 1.165) is 24.0 Å². The van der Waals surface area contributed by atoms with Gasteiger partial charge in [-0.3, -0.25) is 4.79 Å². The molecule has 2 rings (SSSR count). The van der Waals surface area contributed by atoms with Gasteiger partial charge >= 0.3 is 0 Å². The van der Waals surface area contributed by atoms with E-state index in [0.29, 0.717) is 6.04 Å². The largest absolute Gasteiger partial charge is 0.369 e. The van der Waals surface area contributed by atoms with Crippen molar-refractivity contribution in [2.75, 3.05) is 11.4 Å². The normalized spacial score (nSPS) is 20.7. The van der Waals surface area contributed by atoms with Gasteiger partial charge in [0.05, 0.1) is 0 Å². The quantitative estimate of drug-likeness (QED) is 0.689. The van der Waals surface area contributed by atoms with Crippen molar-refractivity contribution in [3.8, 4) is 0 Å². The van der Waals surface area contributed by atoms with E-state index in [-0.39, 0.29) is 0 Å². The predicted octanol–water partition coefficient (Wildman–Crippen LogP) is 2.80. The average molecular weight is 203 g/mol. The van der Waals surface area contributed by atoms with Crippen LogP contribution in [0.4, 0.5) is 5.69 Å². The van der Waals surface area contributed by atoms with Gasteiger partial charge < -0.3 is 4.90 Å². The van der Waals surface area contributed by atoms with Crippen molar-refractivity contribution in [1.82, 2.24) is 0 Å².